The summed E-state index contributed by atoms with van der Waals surface area (Å²) in [5, 5.41) is 4.87. The van der Waals surface area contributed by atoms with E-state index in [4.69, 9.17) is 11.6 Å². The van der Waals surface area contributed by atoms with Crippen LogP contribution in [-0.4, -0.2) is 32.8 Å². The van der Waals surface area contributed by atoms with Crippen molar-refractivity contribution in [2.45, 2.75) is 13.5 Å². The Balaban J connectivity index is 1.55. The lowest BCUT2D eigenvalue weighted by molar-refractivity contribution is 0.338. The fourth-order valence-electron chi connectivity index (χ4n) is 2.10. The topological polar surface area (TPSA) is 46.8 Å². The van der Waals surface area contributed by atoms with Crippen LogP contribution in [0.5, 0.6) is 0 Å². The Morgan fingerprint density at radius 2 is 2.00 bits per heavy atom. The van der Waals surface area contributed by atoms with E-state index in [1.54, 1.807) is 6.20 Å². The van der Waals surface area contributed by atoms with Gasteiger partial charge in [0, 0.05) is 44.1 Å². The van der Waals surface area contributed by atoms with Crippen LogP contribution >= 0.6 is 11.6 Å². The lowest BCUT2D eigenvalue weighted by Crippen LogP contribution is -2.49. The Kier molecular flexibility index (Phi) is 2.91. The third kappa shape index (κ3) is 2.31. The Bertz CT molecular complexity index is 530. The molecule has 0 aliphatic carbocycles. The molecule has 0 amide bonds. The van der Waals surface area contributed by atoms with Crippen LogP contribution in [0.15, 0.2) is 24.8 Å². The second-order valence-corrected chi connectivity index (χ2v) is 5.15. The Hall–Kier alpha value is -1.62. The summed E-state index contributed by atoms with van der Waals surface area (Å²) in [6, 6.07) is 0. The first-order valence-corrected chi connectivity index (χ1v) is 6.30. The predicted molar refractivity (Wildman–Crippen MR) is 69.7 cm³/mol. The minimum atomic E-state index is 0.589. The zero-order chi connectivity index (χ0) is 12.5. The summed E-state index contributed by atoms with van der Waals surface area (Å²) in [6.45, 7) is 4.83. The summed E-state index contributed by atoms with van der Waals surface area (Å²) in [6.07, 6.45) is 7.22. The molecule has 18 heavy (non-hydrogen) atoms. The van der Waals surface area contributed by atoms with Crippen molar-refractivity contribution in [3.8, 4) is 0 Å². The van der Waals surface area contributed by atoms with Crippen LogP contribution in [0.1, 0.15) is 5.56 Å². The second kappa shape index (κ2) is 4.57. The maximum atomic E-state index is 5.83. The van der Waals surface area contributed by atoms with Gasteiger partial charge in [-0.3, -0.25) is 4.68 Å². The van der Waals surface area contributed by atoms with Gasteiger partial charge in [-0.05, 0) is 12.5 Å². The van der Waals surface area contributed by atoms with Crippen LogP contribution in [-0.2, 0) is 6.54 Å². The van der Waals surface area contributed by atoms with E-state index in [0.29, 0.717) is 10.9 Å². The van der Waals surface area contributed by atoms with Crippen LogP contribution in [0.2, 0.25) is 5.02 Å². The molecular formula is C12H14ClN5. The first-order chi connectivity index (χ1) is 8.70. The number of aromatic nitrogens is 4. The van der Waals surface area contributed by atoms with Gasteiger partial charge in [0.05, 0.1) is 11.2 Å². The van der Waals surface area contributed by atoms with Gasteiger partial charge >= 0.3 is 0 Å². The van der Waals surface area contributed by atoms with Crippen LogP contribution in [0, 0.1) is 12.8 Å². The molecule has 0 saturated carbocycles. The molecule has 3 rings (SSSR count). The van der Waals surface area contributed by atoms with Crippen LogP contribution in [0.3, 0.4) is 0 Å². The Morgan fingerprint density at radius 1 is 1.28 bits per heavy atom. The molecule has 0 bridgehead atoms. The fraction of sp³-hybridized carbons (Fsp3) is 0.417. The molecule has 0 aromatic carbocycles. The molecule has 1 fully saturated rings. The number of aryl methyl sites for hydroxylation is 1. The minimum Gasteiger partial charge on any atom is -0.340 e. The first-order valence-electron chi connectivity index (χ1n) is 5.92. The number of anilines is 1. The monoisotopic (exact) mass is 263 g/mol. The lowest BCUT2D eigenvalue weighted by atomic mass is 10.0. The van der Waals surface area contributed by atoms with Crippen LogP contribution in [0.4, 0.5) is 5.95 Å². The highest BCUT2D eigenvalue weighted by Gasteiger charge is 2.28. The van der Waals surface area contributed by atoms with E-state index < -0.39 is 0 Å². The SMILES string of the molecule is Cc1cnc(N2CC(Cn3cc(Cl)cn3)C2)nc1. The smallest absolute Gasteiger partial charge is 0.225 e. The molecule has 2 aromatic heterocycles. The van der Waals surface area contributed by atoms with Crippen molar-refractivity contribution < 1.29 is 0 Å². The van der Waals surface area contributed by atoms with Crippen molar-refractivity contribution in [2.24, 2.45) is 5.92 Å². The first kappa shape index (κ1) is 11.5. The van der Waals surface area contributed by atoms with E-state index in [0.717, 1.165) is 31.1 Å². The third-order valence-electron chi connectivity index (χ3n) is 3.05. The highest BCUT2D eigenvalue weighted by atomic mass is 35.5. The molecule has 0 unspecified atom stereocenters. The highest BCUT2D eigenvalue weighted by molar-refractivity contribution is 6.30. The van der Waals surface area contributed by atoms with Gasteiger partial charge in [0.2, 0.25) is 5.95 Å². The molecule has 2 aromatic rings. The maximum Gasteiger partial charge on any atom is 0.225 e. The van der Waals surface area contributed by atoms with E-state index >= 15 is 0 Å². The van der Waals surface area contributed by atoms with Crippen molar-refractivity contribution in [2.75, 3.05) is 18.0 Å². The lowest BCUT2D eigenvalue weighted by Gasteiger charge is -2.39. The predicted octanol–water partition coefficient (Wildman–Crippen LogP) is 1.77. The average molecular weight is 264 g/mol. The Labute approximate surface area is 110 Å². The number of hydrogen-bond acceptors (Lipinski definition) is 4. The van der Waals surface area contributed by atoms with Gasteiger partial charge in [0.1, 0.15) is 0 Å². The van der Waals surface area contributed by atoms with Crippen molar-refractivity contribution in [3.05, 3.63) is 35.4 Å². The molecule has 1 aliphatic rings. The average Bonchev–Trinajstić information content (AvgIpc) is 2.71. The zero-order valence-electron chi connectivity index (χ0n) is 10.1. The minimum absolute atomic E-state index is 0.589. The van der Waals surface area contributed by atoms with Crippen molar-refractivity contribution >= 4 is 17.5 Å². The number of nitrogens with zero attached hydrogens (tertiary/aromatic N) is 5. The molecule has 1 saturated heterocycles. The Morgan fingerprint density at radius 3 is 2.61 bits per heavy atom. The molecule has 0 atom stereocenters. The van der Waals surface area contributed by atoms with E-state index in [1.165, 1.54) is 0 Å². The number of hydrogen-bond donors (Lipinski definition) is 0. The summed E-state index contributed by atoms with van der Waals surface area (Å²) < 4.78 is 1.89. The van der Waals surface area contributed by atoms with Gasteiger partial charge in [-0.25, -0.2) is 9.97 Å². The quantitative estimate of drug-likeness (QED) is 0.847. The third-order valence-corrected chi connectivity index (χ3v) is 3.25. The molecule has 3 heterocycles. The van der Waals surface area contributed by atoms with Gasteiger partial charge in [-0.15, -0.1) is 0 Å². The van der Waals surface area contributed by atoms with Crippen LogP contribution < -0.4 is 4.90 Å². The molecule has 5 nitrogen and oxygen atoms in total. The van der Waals surface area contributed by atoms with Gasteiger partial charge in [0.15, 0.2) is 0 Å². The zero-order valence-corrected chi connectivity index (χ0v) is 10.9. The largest absolute Gasteiger partial charge is 0.340 e. The van der Waals surface area contributed by atoms with Gasteiger partial charge in [0.25, 0.3) is 0 Å². The normalized spacial score (nSPS) is 15.8. The highest BCUT2D eigenvalue weighted by Crippen LogP contribution is 2.22. The van der Waals surface area contributed by atoms with E-state index in [-0.39, 0.29) is 0 Å². The van der Waals surface area contributed by atoms with Crippen molar-refractivity contribution in [3.63, 3.8) is 0 Å². The fourth-order valence-corrected chi connectivity index (χ4v) is 2.26. The van der Waals surface area contributed by atoms with E-state index in [9.17, 15) is 0 Å². The van der Waals surface area contributed by atoms with Gasteiger partial charge in [-0.2, -0.15) is 5.10 Å². The molecule has 1 aliphatic heterocycles. The molecule has 94 valence electrons. The second-order valence-electron chi connectivity index (χ2n) is 4.71. The molecule has 0 spiro atoms. The van der Waals surface area contributed by atoms with Gasteiger partial charge < -0.3 is 4.90 Å². The summed E-state index contributed by atoms with van der Waals surface area (Å²) in [5.41, 5.74) is 1.09. The summed E-state index contributed by atoms with van der Waals surface area (Å²) in [7, 11) is 0. The summed E-state index contributed by atoms with van der Waals surface area (Å²) in [5.74, 6) is 1.40. The maximum absolute atomic E-state index is 5.83. The van der Waals surface area contributed by atoms with Gasteiger partial charge in [-0.1, -0.05) is 11.6 Å². The van der Waals surface area contributed by atoms with Crippen LogP contribution in [0.25, 0.3) is 0 Å². The van der Waals surface area contributed by atoms with Crippen molar-refractivity contribution in [1.29, 1.82) is 0 Å². The van der Waals surface area contributed by atoms with E-state index in [2.05, 4.69) is 20.0 Å². The van der Waals surface area contributed by atoms with Crippen molar-refractivity contribution in [1.82, 2.24) is 19.7 Å². The standard InChI is InChI=1S/C12H14ClN5/c1-9-2-14-12(15-3-9)17-5-10(6-17)7-18-8-11(13)4-16-18/h2-4,8,10H,5-7H2,1H3. The summed E-state index contributed by atoms with van der Waals surface area (Å²) in [4.78, 5) is 10.8. The van der Waals surface area contributed by atoms with E-state index in [1.807, 2.05) is 30.2 Å². The molecule has 0 N–H and O–H groups in total. The molecule has 6 heteroatoms. The molecule has 0 radical (unpaired) electrons. The molecular weight excluding hydrogens is 250 g/mol. The summed E-state index contributed by atoms with van der Waals surface area (Å²) >= 11 is 5.83. The number of halogens is 1. The number of rotatable bonds is 3.